The van der Waals surface area contributed by atoms with Crippen LogP contribution in [-0.2, 0) is 42.6 Å². The molecule has 0 aromatic rings. The van der Waals surface area contributed by atoms with Crippen LogP contribution in [0.25, 0.3) is 0 Å². The Hall–Kier alpha value is -0.520. The van der Waals surface area contributed by atoms with Crippen molar-refractivity contribution in [2.45, 2.75) is 113 Å². The summed E-state index contributed by atoms with van der Waals surface area (Å²) in [6.45, 7) is 4.95. The summed E-state index contributed by atoms with van der Waals surface area (Å²) in [7, 11) is 5.85. The summed E-state index contributed by atoms with van der Waals surface area (Å²) in [5.74, 6) is 0. The highest BCUT2D eigenvalue weighted by Crippen LogP contribution is 2.34. The van der Waals surface area contributed by atoms with Crippen LogP contribution < -0.4 is 0 Å². The zero-order chi connectivity index (χ0) is 26.0. The Labute approximate surface area is 205 Å². The van der Waals surface area contributed by atoms with Crippen LogP contribution in [0.4, 0.5) is 0 Å². The van der Waals surface area contributed by atoms with Crippen molar-refractivity contribution < 1.29 is 63.1 Å². The lowest BCUT2D eigenvalue weighted by atomic mass is 9.96. The van der Waals surface area contributed by atoms with Gasteiger partial charge in [-0.1, -0.05) is 0 Å². The minimum absolute atomic E-state index is 0.432. The van der Waals surface area contributed by atoms with Crippen molar-refractivity contribution in [1.29, 1.82) is 0 Å². The molecule has 0 radical (unpaired) electrons. The SMILES string of the molecule is CO[C@H]1[C@H](OC)[C@H](O[C@@H]2[C@@H](O)[C@H](C)O[C@@H](O[C@@H]3[C@@H](O)[C@H](C)OC(O)[C@@H]3OC)[C@@H]2O)O[C@@H](C)[C@H]1OC. The van der Waals surface area contributed by atoms with Gasteiger partial charge in [-0.2, -0.15) is 0 Å². The quantitative estimate of drug-likeness (QED) is 0.286. The van der Waals surface area contributed by atoms with E-state index in [2.05, 4.69) is 0 Å². The molecule has 0 amide bonds. The number of aliphatic hydroxyl groups excluding tert-OH is 4. The van der Waals surface area contributed by atoms with Crippen molar-refractivity contribution in [2.75, 3.05) is 28.4 Å². The number of hydrogen-bond acceptors (Lipinski definition) is 13. The van der Waals surface area contributed by atoms with E-state index in [0.717, 1.165) is 0 Å². The molecule has 4 N–H and O–H groups in total. The largest absolute Gasteiger partial charge is 0.388 e. The van der Waals surface area contributed by atoms with Gasteiger partial charge in [0.05, 0.1) is 18.3 Å². The fraction of sp³-hybridized carbons (Fsp3) is 1.00. The zero-order valence-corrected chi connectivity index (χ0v) is 21.1. The molecule has 3 rings (SSSR count). The summed E-state index contributed by atoms with van der Waals surface area (Å²) in [6, 6.07) is 0. The Kier molecular flexibility index (Phi) is 10.2. The van der Waals surface area contributed by atoms with Crippen LogP contribution in [0.2, 0.25) is 0 Å². The van der Waals surface area contributed by atoms with Crippen LogP contribution in [0, 0.1) is 0 Å². The second-order valence-corrected chi connectivity index (χ2v) is 9.13. The van der Waals surface area contributed by atoms with E-state index in [-0.39, 0.29) is 0 Å². The van der Waals surface area contributed by atoms with Gasteiger partial charge in [0.15, 0.2) is 18.9 Å². The molecule has 3 saturated heterocycles. The first-order chi connectivity index (χ1) is 16.6. The maximum Gasteiger partial charge on any atom is 0.187 e. The Morgan fingerprint density at radius 3 is 1.51 bits per heavy atom. The van der Waals surface area contributed by atoms with Crippen molar-refractivity contribution in [2.24, 2.45) is 0 Å². The summed E-state index contributed by atoms with van der Waals surface area (Å²) in [5, 5.41) is 42.7. The van der Waals surface area contributed by atoms with Crippen LogP contribution >= 0.6 is 0 Å². The maximum atomic E-state index is 11.1. The average molecular weight is 513 g/mol. The molecule has 13 nitrogen and oxygen atoms in total. The van der Waals surface area contributed by atoms with Crippen molar-refractivity contribution in [1.82, 2.24) is 0 Å². The summed E-state index contributed by atoms with van der Waals surface area (Å²) in [5.41, 5.74) is 0. The monoisotopic (exact) mass is 512 g/mol. The van der Waals surface area contributed by atoms with Gasteiger partial charge >= 0.3 is 0 Å². The smallest absolute Gasteiger partial charge is 0.187 e. The molecular weight excluding hydrogens is 472 g/mol. The lowest BCUT2D eigenvalue weighted by molar-refractivity contribution is -0.376. The Balaban J connectivity index is 1.79. The molecule has 15 atom stereocenters. The van der Waals surface area contributed by atoms with Gasteiger partial charge in [0.1, 0.15) is 54.9 Å². The summed E-state index contributed by atoms with van der Waals surface area (Å²) in [6.07, 6.45) is -14.7. The van der Waals surface area contributed by atoms with Crippen molar-refractivity contribution >= 4 is 0 Å². The number of rotatable bonds is 8. The van der Waals surface area contributed by atoms with E-state index in [1.807, 2.05) is 0 Å². The Morgan fingerprint density at radius 1 is 0.457 bits per heavy atom. The molecule has 3 fully saturated rings. The Bertz CT molecular complexity index is 655. The molecule has 0 aliphatic carbocycles. The molecule has 0 saturated carbocycles. The van der Waals surface area contributed by atoms with Crippen molar-refractivity contribution in [3.8, 4) is 0 Å². The molecule has 3 aliphatic heterocycles. The topological polar surface area (TPSA) is 164 Å². The first kappa shape index (κ1) is 29.0. The standard InChI is InChI=1S/C22H40O13/c1-8-12(24)16(18(29-6)20(26)31-8)35-21-13(25)15(11(23)9(2)32-21)34-22-19(30-7)17(28-5)14(27-4)10(3)33-22/h8-26H,1-7H3/t8-,9-,10-,11-,12-,13+,14+,15+,16+,17+,18+,19-,20?,21-,22-/m0/s1. The highest BCUT2D eigenvalue weighted by molar-refractivity contribution is 4.96. The third-order valence-electron chi connectivity index (χ3n) is 6.96. The predicted molar refractivity (Wildman–Crippen MR) is 116 cm³/mol. The van der Waals surface area contributed by atoms with Gasteiger partial charge < -0.3 is 63.1 Å². The van der Waals surface area contributed by atoms with E-state index in [0.29, 0.717) is 0 Å². The van der Waals surface area contributed by atoms with Crippen molar-refractivity contribution in [3.63, 3.8) is 0 Å². The van der Waals surface area contributed by atoms with Gasteiger partial charge in [0.25, 0.3) is 0 Å². The molecule has 1 unspecified atom stereocenters. The fourth-order valence-corrected chi connectivity index (χ4v) is 4.91. The lowest BCUT2D eigenvalue weighted by Crippen LogP contribution is -2.66. The van der Waals surface area contributed by atoms with Crippen LogP contribution in [0.5, 0.6) is 0 Å². The molecular formula is C22H40O13. The van der Waals surface area contributed by atoms with Gasteiger partial charge in [-0.05, 0) is 20.8 Å². The highest BCUT2D eigenvalue weighted by atomic mass is 16.8. The van der Waals surface area contributed by atoms with E-state index in [4.69, 9.17) is 42.6 Å². The van der Waals surface area contributed by atoms with Crippen LogP contribution in [0.1, 0.15) is 20.8 Å². The van der Waals surface area contributed by atoms with E-state index >= 15 is 0 Å². The summed E-state index contributed by atoms with van der Waals surface area (Å²) in [4.78, 5) is 0. The number of ether oxygens (including phenoxy) is 9. The summed E-state index contributed by atoms with van der Waals surface area (Å²) >= 11 is 0. The summed E-state index contributed by atoms with van der Waals surface area (Å²) < 4.78 is 50.8. The van der Waals surface area contributed by atoms with Gasteiger partial charge in [-0.15, -0.1) is 0 Å². The fourth-order valence-electron chi connectivity index (χ4n) is 4.91. The molecule has 0 bridgehead atoms. The van der Waals surface area contributed by atoms with Gasteiger partial charge in [0, 0.05) is 28.4 Å². The Morgan fingerprint density at radius 2 is 0.943 bits per heavy atom. The number of aliphatic hydroxyl groups is 4. The van der Waals surface area contributed by atoms with Gasteiger partial charge in [-0.25, -0.2) is 0 Å². The normalized spacial score (nSPS) is 51.3. The molecule has 0 aromatic carbocycles. The van der Waals surface area contributed by atoms with Crippen LogP contribution in [0.3, 0.4) is 0 Å². The molecule has 206 valence electrons. The van der Waals surface area contributed by atoms with Crippen LogP contribution in [0.15, 0.2) is 0 Å². The number of hydrogen-bond donors (Lipinski definition) is 4. The second kappa shape index (κ2) is 12.3. The molecule has 35 heavy (non-hydrogen) atoms. The average Bonchev–Trinajstić information content (AvgIpc) is 2.82. The van der Waals surface area contributed by atoms with E-state index in [1.54, 1.807) is 20.8 Å². The third-order valence-corrected chi connectivity index (χ3v) is 6.96. The van der Waals surface area contributed by atoms with E-state index in [9.17, 15) is 20.4 Å². The second-order valence-electron chi connectivity index (χ2n) is 9.13. The molecule has 13 heteroatoms. The molecule has 0 aromatic heterocycles. The number of methoxy groups -OCH3 is 4. The molecule has 3 aliphatic rings. The van der Waals surface area contributed by atoms with Crippen LogP contribution in [-0.4, -0.2) is 141 Å². The lowest BCUT2D eigenvalue weighted by Gasteiger charge is -2.48. The van der Waals surface area contributed by atoms with E-state index in [1.165, 1.54) is 28.4 Å². The van der Waals surface area contributed by atoms with E-state index < -0.39 is 92.1 Å². The van der Waals surface area contributed by atoms with Gasteiger partial charge in [0.2, 0.25) is 0 Å². The molecule has 3 heterocycles. The predicted octanol–water partition coefficient (Wildman–Crippen LogP) is -1.87. The third kappa shape index (κ3) is 5.82. The van der Waals surface area contributed by atoms with Gasteiger partial charge in [-0.3, -0.25) is 0 Å². The highest BCUT2D eigenvalue weighted by Gasteiger charge is 2.53. The molecule has 0 spiro atoms. The zero-order valence-electron chi connectivity index (χ0n) is 21.1. The maximum absolute atomic E-state index is 11.1. The van der Waals surface area contributed by atoms with Crippen molar-refractivity contribution in [3.05, 3.63) is 0 Å². The first-order valence-corrected chi connectivity index (χ1v) is 11.7. The minimum atomic E-state index is -1.50. The first-order valence-electron chi connectivity index (χ1n) is 11.7. The minimum Gasteiger partial charge on any atom is -0.388 e.